The quantitative estimate of drug-likeness (QED) is 0.336. The molecular weight excluding hydrogens is 300 g/mol. The Kier molecular flexibility index (Phi) is 11.3. The highest BCUT2D eigenvalue weighted by Crippen LogP contribution is 1.99. The van der Waals surface area contributed by atoms with Gasteiger partial charge in [-0.2, -0.15) is 0 Å². The predicted octanol–water partition coefficient (Wildman–Crippen LogP) is 1.10. The van der Waals surface area contributed by atoms with E-state index in [1.54, 1.807) is 7.05 Å². The summed E-state index contributed by atoms with van der Waals surface area (Å²) in [7, 11) is -1.15. The minimum absolute atomic E-state index is 0.205. The molecule has 0 bridgehead atoms. The molecule has 0 amide bonds. The van der Waals surface area contributed by atoms with Crippen molar-refractivity contribution >= 4 is 15.8 Å². The summed E-state index contributed by atoms with van der Waals surface area (Å²) in [6.07, 6.45) is 4.09. The smallest absolute Gasteiger partial charge is 0.191 e. The molecule has 0 spiro atoms. The molecule has 0 saturated carbocycles. The monoisotopic (exact) mass is 334 g/mol. The second-order valence-corrected chi connectivity index (χ2v) is 7.96. The van der Waals surface area contributed by atoms with Crippen LogP contribution in [-0.2, 0) is 9.84 Å². The molecule has 22 heavy (non-hydrogen) atoms. The van der Waals surface area contributed by atoms with E-state index < -0.39 is 9.84 Å². The van der Waals surface area contributed by atoms with Crippen molar-refractivity contribution in [1.29, 1.82) is 0 Å². The maximum atomic E-state index is 11.1. The van der Waals surface area contributed by atoms with Crippen molar-refractivity contribution in [2.45, 2.75) is 46.1 Å². The molecule has 7 heteroatoms. The fraction of sp³-hybridized carbons (Fsp3) is 0.933. The number of hydrogen-bond donors (Lipinski definition) is 2. The molecule has 0 aliphatic rings. The van der Waals surface area contributed by atoms with Gasteiger partial charge in [-0.25, -0.2) is 8.42 Å². The zero-order chi connectivity index (χ0) is 17.0. The van der Waals surface area contributed by atoms with Crippen LogP contribution in [-0.4, -0.2) is 70.6 Å². The van der Waals surface area contributed by atoms with Gasteiger partial charge in [0.2, 0.25) is 0 Å². The molecular formula is C15H34N4O2S. The number of aliphatic imine (C=N–C) groups is 1. The van der Waals surface area contributed by atoms with Crippen molar-refractivity contribution in [3.05, 3.63) is 0 Å². The summed E-state index contributed by atoms with van der Waals surface area (Å²) >= 11 is 0. The van der Waals surface area contributed by atoms with Gasteiger partial charge in [0, 0.05) is 25.9 Å². The molecule has 0 radical (unpaired) electrons. The summed E-state index contributed by atoms with van der Waals surface area (Å²) in [5, 5.41) is 6.50. The molecule has 0 aromatic rings. The van der Waals surface area contributed by atoms with Crippen molar-refractivity contribution < 1.29 is 8.42 Å². The Balaban J connectivity index is 3.92. The van der Waals surface area contributed by atoms with E-state index in [-0.39, 0.29) is 5.75 Å². The molecule has 0 aromatic heterocycles. The minimum Gasteiger partial charge on any atom is -0.356 e. The number of rotatable bonds is 11. The number of guanidine groups is 1. The van der Waals surface area contributed by atoms with Crippen LogP contribution in [0.4, 0.5) is 0 Å². The van der Waals surface area contributed by atoms with E-state index in [1.807, 2.05) is 0 Å². The van der Waals surface area contributed by atoms with Gasteiger partial charge in [-0.05, 0) is 45.8 Å². The van der Waals surface area contributed by atoms with E-state index in [0.717, 1.165) is 38.4 Å². The van der Waals surface area contributed by atoms with E-state index in [9.17, 15) is 8.42 Å². The summed E-state index contributed by atoms with van der Waals surface area (Å²) < 4.78 is 22.1. The highest BCUT2D eigenvalue weighted by atomic mass is 32.2. The van der Waals surface area contributed by atoms with Crippen molar-refractivity contribution in [2.75, 3.05) is 45.2 Å². The van der Waals surface area contributed by atoms with Gasteiger partial charge in [0.1, 0.15) is 9.84 Å². The summed E-state index contributed by atoms with van der Waals surface area (Å²) in [6.45, 7) is 10.5. The first-order valence-electron chi connectivity index (χ1n) is 8.19. The van der Waals surface area contributed by atoms with Crippen LogP contribution in [0.1, 0.15) is 40.0 Å². The predicted molar refractivity (Wildman–Crippen MR) is 95.3 cm³/mol. The molecule has 0 aromatic carbocycles. The second-order valence-electron chi connectivity index (χ2n) is 5.70. The van der Waals surface area contributed by atoms with Crippen molar-refractivity contribution in [3.8, 4) is 0 Å². The van der Waals surface area contributed by atoms with Crippen LogP contribution in [0.2, 0.25) is 0 Å². The summed E-state index contributed by atoms with van der Waals surface area (Å²) in [4.78, 5) is 6.59. The fourth-order valence-corrected chi connectivity index (χ4v) is 2.87. The van der Waals surface area contributed by atoms with Crippen LogP contribution in [0, 0.1) is 0 Å². The third-order valence-corrected chi connectivity index (χ3v) is 4.63. The summed E-state index contributed by atoms with van der Waals surface area (Å²) in [5.74, 6) is 0.944. The average Bonchev–Trinajstić information content (AvgIpc) is 2.45. The summed E-state index contributed by atoms with van der Waals surface area (Å²) in [5.41, 5.74) is 0. The second kappa shape index (κ2) is 11.7. The topological polar surface area (TPSA) is 73.8 Å². The van der Waals surface area contributed by atoms with Gasteiger partial charge in [-0.3, -0.25) is 4.99 Å². The average molecular weight is 335 g/mol. The summed E-state index contributed by atoms with van der Waals surface area (Å²) in [6, 6.07) is 0.344. The van der Waals surface area contributed by atoms with Gasteiger partial charge in [0.25, 0.3) is 0 Å². The Morgan fingerprint density at radius 2 is 1.86 bits per heavy atom. The molecule has 0 rings (SSSR count). The van der Waals surface area contributed by atoms with Crippen molar-refractivity contribution in [2.24, 2.45) is 4.99 Å². The van der Waals surface area contributed by atoms with Crippen LogP contribution >= 0.6 is 0 Å². The third-order valence-electron chi connectivity index (χ3n) is 3.60. The van der Waals surface area contributed by atoms with Gasteiger partial charge in [-0.15, -0.1) is 0 Å². The van der Waals surface area contributed by atoms with E-state index in [0.29, 0.717) is 19.0 Å². The first-order valence-corrected chi connectivity index (χ1v) is 10.3. The van der Waals surface area contributed by atoms with Crippen LogP contribution in [0.5, 0.6) is 0 Å². The number of nitrogens with one attached hydrogen (secondary N) is 2. The normalized spacial score (nSPS) is 14.2. The molecule has 0 fully saturated rings. The van der Waals surface area contributed by atoms with E-state index >= 15 is 0 Å². The van der Waals surface area contributed by atoms with Crippen LogP contribution in [0.15, 0.2) is 4.99 Å². The SMILES string of the molecule is CCN(CC)CCCC(C)NC(=NC)NCCCS(C)(=O)=O. The molecule has 0 aliphatic heterocycles. The van der Waals surface area contributed by atoms with Gasteiger partial charge < -0.3 is 15.5 Å². The van der Waals surface area contributed by atoms with E-state index in [2.05, 4.69) is 41.3 Å². The lowest BCUT2D eigenvalue weighted by molar-refractivity contribution is 0.292. The lowest BCUT2D eigenvalue weighted by Gasteiger charge is -2.21. The van der Waals surface area contributed by atoms with Crippen LogP contribution in [0.25, 0.3) is 0 Å². The van der Waals surface area contributed by atoms with Gasteiger partial charge >= 0.3 is 0 Å². The first kappa shape index (κ1) is 21.2. The maximum Gasteiger partial charge on any atom is 0.191 e. The number of hydrogen-bond acceptors (Lipinski definition) is 4. The fourth-order valence-electron chi connectivity index (χ4n) is 2.20. The van der Waals surface area contributed by atoms with E-state index in [4.69, 9.17) is 0 Å². The van der Waals surface area contributed by atoms with Gasteiger partial charge in [0.05, 0.1) is 5.75 Å². The minimum atomic E-state index is -2.88. The van der Waals surface area contributed by atoms with Crippen molar-refractivity contribution in [3.63, 3.8) is 0 Å². The molecule has 1 unspecified atom stereocenters. The van der Waals surface area contributed by atoms with Gasteiger partial charge in [0.15, 0.2) is 5.96 Å². The Bertz CT molecular complexity index is 406. The lowest BCUT2D eigenvalue weighted by atomic mass is 10.2. The highest BCUT2D eigenvalue weighted by Gasteiger charge is 2.07. The Morgan fingerprint density at radius 1 is 1.23 bits per heavy atom. The highest BCUT2D eigenvalue weighted by molar-refractivity contribution is 7.90. The molecule has 0 saturated heterocycles. The van der Waals surface area contributed by atoms with E-state index in [1.165, 1.54) is 6.26 Å². The Morgan fingerprint density at radius 3 is 2.36 bits per heavy atom. The third kappa shape index (κ3) is 11.8. The number of nitrogens with zero attached hydrogens (tertiary/aromatic N) is 2. The van der Waals surface area contributed by atoms with Gasteiger partial charge in [-0.1, -0.05) is 13.8 Å². The van der Waals surface area contributed by atoms with Crippen molar-refractivity contribution in [1.82, 2.24) is 15.5 Å². The van der Waals surface area contributed by atoms with Crippen LogP contribution in [0.3, 0.4) is 0 Å². The Labute approximate surface area is 136 Å². The molecule has 6 nitrogen and oxygen atoms in total. The molecule has 132 valence electrons. The standard InChI is InChI=1S/C15H34N4O2S/c1-6-19(7-2)12-8-10-14(3)18-15(16-4)17-11-9-13-22(5,20)21/h14H,6-13H2,1-5H3,(H2,16,17,18). The maximum absolute atomic E-state index is 11.1. The molecule has 0 aliphatic carbocycles. The van der Waals surface area contributed by atoms with Crippen LogP contribution < -0.4 is 10.6 Å². The largest absolute Gasteiger partial charge is 0.356 e. The zero-order valence-corrected chi connectivity index (χ0v) is 15.7. The Hall–Kier alpha value is -0.820. The number of sulfone groups is 1. The zero-order valence-electron chi connectivity index (χ0n) is 14.9. The molecule has 0 heterocycles. The molecule has 2 N–H and O–H groups in total. The molecule has 1 atom stereocenters. The first-order chi connectivity index (χ1) is 10.3. The lowest BCUT2D eigenvalue weighted by Crippen LogP contribution is -2.43.